The zero-order chi connectivity index (χ0) is 39.3. The van der Waals surface area contributed by atoms with Gasteiger partial charge in [0, 0.05) is 43.4 Å². The number of rotatable bonds is 10. The Morgan fingerprint density at radius 3 is 2.02 bits per heavy atom. The van der Waals surface area contributed by atoms with Crippen LogP contribution in [0.3, 0.4) is 0 Å². The summed E-state index contributed by atoms with van der Waals surface area (Å²) in [4.78, 5) is 67.6. The van der Waals surface area contributed by atoms with Crippen LogP contribution in [-0.4, -0.2) is 94.9 Å². The number of amides is 4. The monoisotopic (exact) mass is 763 g/mol. The lowest BCUT2D eigenvalue weighted by Crippen LogP contribution is -2.51. The summed E-state index contributed by atoms with van der Waals surface area (Å²) in [5.41, 5.74) is 7.43. The minimum absolute atomic E-state index is 0.0127. The van der Waals surface area contributed by atoms with Gasteiger partial charge in [-0.2, -0.15) is 0 Å². The molecule has 4 heterocycles. The number of alkyl carbamates (subject to hydrolysis) is 2. The molecule has 2 aromatic carbocycles. The van der Waals surface area contributed by atoms with Crippen LogP contribution in [0.2, 0.25) is 0 Å². The highest BCUT2D eigenvalue weighted by Crippen LogP contribution is 2.36. The summed E-state index contributed by atoms with van der Waals surface area (Å²) in [5, 5.41) is 5.58. The average molecular weight is 764 g/mol. The van der Waals surface area contributed by atoms with E-state index in [0.29, 0.717) is 6.54 Å². The normalized spacial score (nSPS) is 22.7. The minimum atomic E-state index is -0.679. The van der Waals surface area contributed by atoms with Gasteiger partial charge < -0.3 is 34.9 Å². The van der Waals surface area contributed by atoms with E-state index in [9.17, 15) is 19.2 Å². The molecule has 0 radical (unpaired) electrons. The first kappa shape index (κ1) is 38.8. The molecule has 3 aliphatic heterocycles. The highest BCUT2D eigenvalue weighted by molar-refractivity contribution is 6.03. The third-order valence-corrected chi connectivity index (χ3v) is 11.9. The molecule has 4 aliphatic rings. The molecular weight excluding hydrogens is 711 g/mol. The van der Waals surface area contributed by atoms with E-state index in [0.717, 1.165) is 109 Å². The number of hydrogen-bond donors (Lipinski definition) is 3. The van der Waals surface area contributed by atoms with Gasteiger partial charge in [0.1, 0.15) is 11.9 Å². The largest absolute Gasteiger partial charge is 0.453 e. The third kappa shape index (κ3) is 8.36. The van der Waals surface area contributed by atoms with Gasteiger partial charge >= 0.3 is 12.2 Å². The highest BCUT2D eigenvalue weighted by Gasteiger charge is 2.39. The van der Waals surface area contributed by atoms with Gasteiger partial charge in [-0.15, -0.1) is 0 Å². The van der Waals surface area contributed by atoms with E-state index in [1.807, 2.05) is 31.1 Å². The second kappa shape index (κ2) is 17.1. The second-order valence-electron chi connectivity index (χ2n) is 15.7. The van der Waals surface area contributed by atoms with Crippen molar-refractivity contribution in [2.75, 3.05) is 27.3 Å². The Balaban J connectivity index is 0.936. The van der Waals surface area contributed by atoms with Crippen LogP contribution < -0.4 is 10.6 Å². The Labute approximate surface area is 328 Å². The van der Waals surface area contributed by atoms with Crippen LogP contribution in [0.5, 0.6) is 0 Å². The molecule has 296 valence electrons. The Hall–Kier alpha value is -5.46. The number of hydrogen-bond acceptors (Lipinski definition) is 8. The van der Waals surface area contributed by atoms with Crippen molar-refractivity contribution in [1.29, 1.82) is 0 Å². The number of imidazole rings is 1. The van der Waals surface area contributed by atoms with Gasteiger partial charge in [0.2, 0.25) is 11.8 Å². The molecule has 1 saturated carbocycles. The number of nitrogens with one attached hydrogen (secondary N) is 3. The van der Waals surface area contributed by atoms with E-state index in [2.05, 4.69) is 74.0 Å². The second-order valence-corrected chi connectivity index (χ2v) is 15.7. The fourth-order valence-electron chi connectivity index (χ4n) is 8.71. The number of aromatic nitrogens is 2. The Morgan fingerprint density at radius 2 is 1.38 bits per heavy atom. The van der Waals surface area contributed by atoms with Gasteiger partial charge in [0.05, 0.1) is 38.2 Å². The lowest BCUT2D eigenvalue weighted by atomic mass is 9.85. The Bertz CT molecular complexity index is 1960. The first-order chi connectivity index (χ1) is 27.1. The van der Waals surface area contributed by atoms with Gasteiger partial charge in [0.15, 0.2) is 0 Å². The molecule has 13 nitrogen and oxygen atoms in total. The maximum Gasteiger partial charge on any atom is 0.407 e. The number of benzene rings is 2. The summed E-state index contributed by atoms with van der Waals surface area (Å²) in [6, 6.07) is 16.2. The molecule has 1 aromatic heterocycles. The lowest BCUT2D eigenvalue weighted by Gasteiger charge is -2.33. The van der Waals surface area contributed by atoms with Gasteiger partial charge in [-0.05, 0) is 85.1 Å². The molecule has 0 unspecified atom stereocenters. The first-order valence-corrected chi connectivity index (χ1v) is 19.9. The predicted molar refractivity (Wildman–Crippen MR) is 213 cm³/mol. The molecule has 0 spiro atoms. The zero-order valence-corrected chi connectivity index (χ0v) is 32.8. The van der Waals surface area contributed by atoms with Crippen LogP contribution in [0, 0.1) is 11.8 Å². The van der Waals surface area contributed by atoms with Crippen LogP contribution in [0.25, 0.3) is 28.0 Å². The molecule has 7 rings (SSSR count). The van der Waals surface area contributed by atoms with Crippen LogP contribution in [-0.2, 0) is 19.1 Å². The Morgan fingerprint density at radius 1 is 0.768 bits per heavy atom. The number of ether oxygens (including phenoxy) is 2. The summed E-state index contributed by atoms with van der Waals surface area (Å²) in [6.45, 7) is 5.18. The van der Waals surface area contributed by atoms with Crippen molar-refractivity contribution in [3.63, 3.8) is 0 Å². The van der Waals surface area contributed by atoms with E-state index in [1.54, 1.807) is 0 Å². The van der Waals surface area contributed by atoms with E-state index in [-0.39, 0.29) is 41.8 Å². The summed E-state index contributed by atoms with van der Waals surface area (Å²) in [6.07, 6.45) is 10.2. The van der Waals surface area contributed by atoms with Gasteiger partial charge in [-0.3, -0.25) is 14.6 Å². The van der Waals surface area contributed by atoms with Crippen molar-refractivity contribution in [2.45, 2.75) is 95.8 Å². The fraction of sp³-hybridized carbons (Fsp3) is 0.488. The maximum absolute atomic E-state index is 13.7. The fourth-order valence-corrected chi connectivity index (χ4v) is 8.71. The molecule has 56 heavy (non-hydrogen) atoms. The maximum atomic E-state index is 13.7. The van der Waals surface area contributed by atoms with E-state index in [1.165, 1.54) is 14.2 Å². The van der Waals surface area contributed by atoms with Crippen molar-refractivity contribution in [1.82, 2.24) is 30.4 Å². The number of carbonyl (C=O) groups excluding carboxylic acids is 4. The SMILES string of the molecule is COC(=O)NC1CCC(C(=O)N2CCC[C@H]2C2=NC=C(c3ccc(-c4ccc(-c5cnc([C@@H]6CCCN6C(=O)[C@@H](NC(=O)OC)C(C)C)[nH]5)cc4)cc3)C2)CC1. The number of aliphatic imine (C=N–C) groups is 1. The minimum Gasteiger partial charge on any atom is -0.453 e. The van der Waals surface area contributed by atoms with Crippen molar-refractivity contribution in [3.8, 4) is 22.4 Å². The molecule has 3 N–H and O–H groups in total. The molecule has 3 aromatic rings. The van der Waals surface area contributed by atoms with Crippen molar-refractivity contribution >= 4 is 35.3 Å². The molecule has 3 atom stereocenters. The molecular formula is C43H53N7O6. The summed E-state index contributed by atoms with van der Waals surface area (Å²) in [5.74, 6) is 0.719. The topological polar surface area (TPSA) is 158 Å². The Kier molecular flexibility index (Phi) is 11.9. The van der Waals surface area contributed by atoms with Crippen LogP contribution in [0.4, 0.5) is 9.59 Å². The summed E-state index contributed by atoms with van der Waals surface area (Å²) in [7, 11) is 2.67. The molecule has 2 saturated heterocycles. The lowest BCUT2D eigenvalue weighted by molar-refractivity contribution is -0.136. The number of allylic oxidation sites excluding steroid dienone is 1. The molecule has 13 heteroatoms. The quantitative estimate of drug-likeness (QED) is 0.203. The van der Waals surface area contributed by atoms with E-state index in [4.69, 9.17) is 14.5 Å². The number of nitrogens with zero attached hydrogens (tertiary/aromatic N) is 4. The van der Waals surface area contributed by atoms with E-state index < -0.39 is 18.2 Å². The van der Waals surface area contributed by atoms with Crippen LogP contribution in [0.1, 0.15) is 89.1 Å². The van der Waals surface area contributed by atoms with Gasteiger partial charge in [0.25, 0.3) is 0 Å². The van der Waals surface area contributed by atoms with Crippen molar-refractivity contribution in [2.24, 2.45) is 16.8 Å². The van der Waals surface area contributed by atoms with Crippen LogP contribution in [0.15, 0.2) is 65.9 Å². The van der Waals surface area contributed by atoms with Gasteiger partial charge in [-0.1, -0.05) is 62.4 Å². The predicted octanol–water partition coefficient (Wildman–Crippen LogP) is 6.88. The first-order valence-electron chi connectivity index (χ1n) is 19.9. The number of carbonyl (C=O) groups is 4. The van der Waals surface area contributed by atoms with E-state index >= 15 is 0 Å². The standard InChI is InChI=1S/C43H53N7O6/c1-26(2)38(48-43(54)56-4)41(52)50-22-6-8-37(50)39-45-25-35(47-39)30-15-13-28(14-16-30)27-9-11-29(12-10-27)32-23-34(44-24-32)36-7-5-21-49(36)40(51)31-17-19-33(20-18-31)46-42(53)55-3/h9-16,24-26,31,33,36-38H,5-8,17-23H2,1-4H3,(H,45,47)(H,46,53)(H,48,54)/t31?,33?,36-,37-,38-/m0/s1. The third-order valence-electron chi connectivity index (χ3n) is 11.9. The average Bonchev–Trinajstić information content (AvgIpc) is 4.07. The molecule has 3 fully saturated rings. The number of aromatic amines is 1. The highest BCUT2D eigenvalue weighted by atomic mass is 16.5. The van der Waals surface area contributed by atoms with Crippen molar-refractivity contribution < 1.29 is 28.7 Å². The molecule has 4 amide bonds. The van der Waals surface area contributed by atoms with Crippen LogP contribution >= 0.6 is 0 Å². The number of H-pyrrole nitrogens is 1. The smallest absolute Gasteiger partial charge is 0.407 e. The molecule has 0 bridgehead atoms. The zero-order valence-electron chi connectivity index (χ0n) is 32.8. The number of methoxy groups -OCH3 is 2. The van der Waals surface area contributed by atoms with Crippen molar-refractivity contribution in [3.05, 3.63) is 72.3 Å². The van der Waals surface area contributed by atoms with Gasteiger partial charge in [-0.25, -0.2) is 14.6 Å². The number of likely N-dealkylation sites (tertiary alicyclic amines) is 2. The summed E-state index contributed by atoms with van der Waals surface area (Å²) < 4.78 is 9.50. The molecule has 1 aliphatic carbocycles. The summed E-state index contributed by atoms with van der Waals surface area (Å²) >= 11 is 0.